The standard InChI is InChI=1S/C27H31N3O5/c1-35-21-9-5-8-19(16-21)25(32)30-23(15-18-10-11-18)26(33)29-22(14-17-6-3-2-4-7-17)24(31)27(34)28-20-12-13-20/h2-9,16,18,20,22-23H,10-15H2,1H3,(H,28,34)(H,29,33)(H,30,32)/t22-,23-/m0/s1. The third-order valence-corrected chi connectivity index (χ3v) is 6.27. The highest BCUT2D eigenvalue weighted by molar-refractivity contribution is 6.38. The number of nitrogens with one attached hydrogen (secondary N) is 3. The van der Waals surface area contributed by atoms with Crippen LogP contribution in [0.25, 0.3) is 0 Å². The van der Waals surface area contributed by atoms with Crippen molar-refractivity contribution in [1.29, 1.82) is 0 Å². The summed E-state index contributed by atoms with van der Waals surface area (Å²) in [7, 11) is 1.52. The molecule has 4 rings (SSSR count). The van der Waals surface area contributed by atoms with E-state index >= 15 is 0 Å². The monoisotopic (exact) mass is 477 g/mol. The molecule has 0 saturated heterocycles. The second-order valence-electron chi connectivity index (χ2n) is 9.30. The number of ketones is 1. The molecule has 35 heavy (non-hydrogen) atoms. The number of ether oxygens (including phenoxy) is 1. The summed E-state index contributed by atoms with van der Waals surface area (Å²) in [5.41, 5.74) is 1.20. The smallest absolute Gasteiger partial charge is 0.289 e. The summed E-state index contributed by atoms with van der Waals surface area (Å²) in [5, 5.41) is 8.29. The van der Waals surface area contributed by atoms with Crippen LogP contribution in [0.3, 0.4) is 0 Å². The van der Waals surface area contributed by atoms with Gasteiger partial charge in [0.2, 0.25) is 11.7 Å². The van der Waals surface area contributed by atoms with E-state index in [2.05, 4.69) is 16.0 Å². The van der Waals surface area contributed by atoms with Crippen LogP contribution in [0.15, 0.2) is 54.6 Å². The van der Waals surface area contributed by atoms with Gasteiger partial charge in [0.1, 0.15) is 17.8 Å². The molecule has 2 saturated carbocycles. The van der Waals surface area contributed by atoms with Crippen LogP contribution in [0.2, 0.25) is 0 Å². The minimum atomic E-state index is -1.03. The predicted molar refractivity (Wildman–Crippen MR) is 130 cm³/mol. The van der Waals surface area contributed by atoms with E-state index < -0.39 is 35.6 Å². The molecule has 3 N–H and O–H groups in total. The van der Waals surface area contributed by atoms with Crippen molar-refractivity contribution in [2.45, 2.75) is 56.7 Å². The average Bonchev–Trinajstić information content (AvgIpc) is 3.80. The lowest BCUT2D eigenvalue weighted by molar-refractivity contribution is -0.140. The molecule has 184 valence electrons. The molecule has 8 nitrogen and oxygen atoms in total. The Bertz CT molecular complexity index is 1080. The Balaban J connectivity index is 1.48. The number of rotatable bonds is 12. The van der Waals surface area contributed by atoms with Gasteiger partial charge in [-0.3, -0.25) is 19.2 Å². The highest BCUT2D eigenvalue weighted by Gasteiger charge is 2.35. The highest BCUT2D eigenvalue weighted by atomic mass is 16.5. The summed E-state index contributed by atoms with van der Waals surface area (Å²) in [5.74, 6) is -1.36. The second-order valence-corrected chi connectivity index (χ2v) is 9.30. The van der Waals surface area contributed by atoms with Gasteiger partial charge in [0, 0.05) is 18.0 Å². The van der Waals surface area contributed by atoms with E-state index in [1.165, 1.54) is 7.11 Å². The van der Waals surface area contributed by atoms with Crippen LogP contribution in [0.4, 0.5) is 0 Å². The van der Waals surface area contributed by atoms with Crippen LogP contribution < -0.4 is 20.7 Å². The molecule has 2 atom stereocenters. The Morgan fingerprint density at radius 1 is 0.914 bits per heavy atom. The SMILES string of the molecule is COc1cccc(C(=O)N[C@@H](CC2CC2)C(=O)N[C@@H](Cc2ccccc2)C(=O)C(=O)NC2CC2)c1. The maximum absolute atomic E-state index is 13.3. The molecule has 2 aromatic carbocycles. The van der Waals surface area contributed by atoms with Gasteiger partial charge in [0.05, 0.1) is 7.11 Å². The van der Waals surface area contributed by atoms with Crippen molar-refractivity contribution in [3.05, 3.63) is 65.7 Å². The first-order valence-electron chi connectivity index (χ1n) is 12.1. The Kier molecular flexibility index (Phi) is 7.80. The van der Waals surface area contributed by atoms with Gasteiger partial charge in [-0.15, -0.1) is 0 Å². The molecule has 8 heteroatoms. The van der Waals surface area contributed by atoms with Crippen LogP contribution in [-0.4, -0.2) is 48.7 Å². The van der Waals surface area contributed by atoms with E-state index in [0.717, 1.165) is 31.2 Å². The zero-order chi connectivity index (χ0) is 24.8. The fourth-order valence-electron chi connectivity index (χ4n) is 3.90. The molecule has 3 amide bonds. The lowest BCUT2D eigenvalue weighted by Crippen LogP contribution is -2.54. The number of benzene rings is 2. The molecular formula is C27H31N3O5. The van der Waals surface area contributed by atoms with Gasteiger partial charge < -0.3 is 20.7 Å². The summed E-state index contributed by atoms with van der Waals surface area (Å²) in [6, 6.07) is 14.1. The van der Waals surface area contributed by atoms with Gasteiger partial charge in [-0.05, 0) is 48.9 Å². The normalized spacial score (nSPS) is 16.5. The Hall–Kier alpha value is -3.68. The van der Waals surface area contributed by atoms with Crippen molar-refractivity contribution in [1.82, 2.24) is 16.0 Å². The van der Waals surface area contributed by atoms with E-state index in [-0.39, 0.29) is 12.5 Å². The molecule has 0 aromatic heterocycles. The summed E-state index contributed by atoms with van der Waals surface area (Å²) < 4.78 is 5.19. The van der Waals surface area contributed by atoms with E-state index in [1.807, 2.05) is 30.3 Å². The first-order chi connectivity index (χ1) is 16.9. The Labute approximate surface area is 204 Å². The fraction of sp³-hybridized carbons (Fsp3) is 0.407. The van der Waals surface area contributed by atoms with Crippen LogP contribution >= 0.6 is 0 Å². The minimum Gasteiger partial charge on any atom is -0.497 e. The zero-order valence-electron chi connectivity index (χ0n) is 19.8. The maximum Gasteiger partial charge on any atom is 0.289 e. The number of hydrogen-bond acceptors (Lipinski definition) is 5. The fourth-order valence-corrected chi connectivity index (χ4v) is 3.90. The number of methoxy groups -OCH3 is 1. The number of hydrogen-bond donors (Lipinski definition) is 3. The quantitative estimate of drug-likeness (QED) is 0.406. The molecule has 0 bridgehead atoms. The van der Waals surface area contributed by atoms with Crippen molar-refractivity contribution in [3.63, 3.8) is 0 Å². The number of Topliss-reactive ketones (excluding diaryl/α,β-unsaturated/α-hetero) is 1. The second kappa shape index (κ2) is 11.2. The van der Waals surface area contributed by atoms with Gasteiger partial charge >= 0.3 is 0 Å². The molecule has 0 unspecified atom stereocenters. The molecule has 0 aliphatic heterocycles. The molecule has 2 aromatic rings. The first kappa shape index (κ1) is 24.4. The average molecular weight is 478 g/mol. The van der Waals surface area contributed by atoms with Crippen LogP contribution in [0.5, 0.6) is 5.75 Å². The largest absolute Gasteiger partial charge is 0.497 e. The summed E-state index contributed by atoms with van der Waals surface area (Å²) in [6.07, 6.45) is 4.36. The lowest BCUT2D eigenvalue weighted by atomic mass is 10.0. The molecule has 2 aliphatic carbocycles. The van der Waals surface area contributed by atoms with Gasteiger partial charge in [-0.25, -0.2) is 0 Å². The Morgan fingerprint density at radius 3 is 2.31 bits per heavy atom. The molecular weight excluding hydrogens is 446 g/mol. The summed E-state index contributed by atoms with van der Waals surface area (Å²) >= 11 is 0. The minimum absolute atomic E-state index is 0.0318. The predicted octanol–water partition coefficient (Wildman–Crippen LogP) is 2.17. The molecule has 2 aliphatic rings. The van der Waals surface area contributed by atoms with Crippen LogP contribution in [-0.2, 0) is 20.8 Å². The van der Waals surface area contributed by atoms with Crippen molar-refractivity contribution in [2.75, 3.05) is 7.11 Å². The molecule has 0 radical (unpaired) electrons. The van der Waals surface area contributed by atoms with Gasteiger partial charge in [-0.2, -0.15) is 0 Å². The number of carbonyl (C=O) groups is 4. The molecule has 0 spiro atoms. The number of amides is 3. The van der Waals surface area contributed by atoms with Gasteiger partial charge in [0.25, 0.3) is 11.8 Å². The van der Waals surface area contributed by atoms with Gasteiger partial charge in [-0.1, -0.05) is 49.2 Å². The number of carbonyl (C=O) groups excluding carboxylic acids is 4. The van der Waals surface area contributed by atoms with E-state index in [1.54, 1.807) is 24.3 Å². The van der Waals surface area contributed by atoms with Crippen molar-refractivity contribution >= 4 is 23.5 Å². The third kappa shape index (κ3) is 7.15. The summed E-state index contributed by atoms with van der Waals surface area (Å²) in [4.78, 5) is 51.7. The summed E-state index contributed by atoms with van der Waals surface area (Å²) in [6.45, 7) is 0. The molecule has 0 heterocycles. The Morgan fingerprint density at radius 2 is 1.66 bits per heavy atom. The maximum atomic E-state index is 13.3. The molecule has 2 fully saturated rings. The first-order valence-corrected chi connectivity index (χ1v) is 12.1. The van der Waals surface area contributed by atoms with Crippen molar-refractivity contribution in [3.8, 4) is 5.75 Å². The van der Waals surface area contributed by atoms with E-state index in [0.29, 0.717) is 23.7 Å². The van der Waals surface area contributed by atoms with Crippen molar-refractivity contribution < 1.29 is 23.9 Å². The topological polar surface area (TPSA) is 114 Å². The van der Waals surface area contributed by atoms with Crippen molar-refractivity contribution in [2.24, 2.45) is 5.92 Å². The van der Waals surface area contributed by atoms with E-state index in [4.69, 9.17) is 4.74 Å². The highest BCUT2D eigenvalue weighted by Crippen LogP contribution is 2.33. The lowest BCUT2D eigenvalue weighted by Gasteiger charge is -2.23. The van der Waals surface area contributed by atoms with E-state index in [9.17, 15) is 19.2 Å². The van der Waals surface area contributed by atoms with Crippen LogP contribution in [0, 0.1) is 5.92 Å². The van der Waals surface area contributed by atoms with Gasteiger partial charge in [0.15, 0.2) is 0 Å². The van der Waals surface area contributed by atoms with Crippen LogP contribution in [0.1, 0.15) is 48.0 Å². The third-order valence-electron chi connectivity index (χ3n) is 6.27. The zero-order valence-corrected chi connectivity index (χ0v) is 19.8.